The van der Waals surface area contributed by atoms with Crippen molar-refractivity contribution in [2.24, 2.45) is 0 Å². The molecule has 0 spiro atoms. The summed E-state index contributed by atoms with van der Waals surface area (Å²) < 4.78 is 5.27. The Morgan fingerprint density at radius 2 is 2.05 bits per heavy atom. The number of hydrogen-bond donors (Lipinski definition) is 1. The van der Waals surface area contributed by atoms with Crippen LogP contribution in [-0.4, -0.2) is 4.98 Å². The second-order valence-corrected chi connectivity index (χ2v) is 5.30. The Balaban J connectivity index is 1.73. The summed E-state index contributed by atoms with van der Waals surface area (Å²) in [6.07, 6.45) is 3.16. The fourth-order valence-corrected chi connectivity index (χ4v) is 2.68. The van der Waals surface area contributed by atoms with Gasteiger partial charge in [0.15, 0.2) is 12.2 Å². The molecule has 0 aliphatic rings. The molecule has 2 aromatic heterocycles. The molecule has 0 fully saturated rings. The van der Waals surface area contributed by atoms with Crippen molar-refractivity contribution < 1.29 is 4.42 Å². The topological polar surface area (TPSA) is 38.1 Å². The second kappa shape index (κ2) is 5.28. The summed E-state index contributed by atoms with van der Waals surface area (Å²) in [4.78, 5) is 5.25. The van der Waals surface area contributed by atoms with Crippen molar-refractivity contribution in [3.05, 3.63) is 59.2 Å². The maximum atomic E-state index is 5.27. The van der Waals surface area contributed by atoms with Gasteiger partial charge in [-0.3, -0.25) is 0 Å². The molecule has 1 unspecified atom stereocenters. The van der Waals surface area contributed by atoms with Gasteiger partial charge in [-0.1, -0.05) is 6.07 Å². The fraction of sp³-hybridized carbons (Fsp3) is 0.133. The van der Waals surface area contributed by atoms with Crippen LogP contribution in [0, 0.1) is 0 Å². The lowest BCUT2D eigenvalue weighted by Crippen LogP contribution is -2.04. The Hall–Kier alpha value is -2.07. The molecule has 0 amide bonds. The standard InChI is InChI=1S/C15H14N2OS/c1-11(15-3-2-8-19-15)17-13-6-4-12(5-7-13)14-9-16-10-18-14/h2-11,17H,1H3. The van der Waals surface area contributed by atoms with Crippen LogP contribution in [0.5, 0.6) is 0 Å². The molecule has 0 saturated heterocycles. The molecule has 2 heterocycles. The molecule has 4 heteroatoms. The zero-order valence-corrected chi connectivity index (χ0v) is 11.4. The van der Waals surface area contributed by atoms with Crippen molar-refractivity contribution >= 4 is 17.0 Å². The van der Waals surface area contributed by atoms with Crippen LogP contribution < -0.4 is 5.32 Å². The second-order valence-electron chi connectivity index (χ2n) is 4.32. The van der Waals surface area contributed by atoms with Crippen molar-refractivity contribution in [2.45, 2.75) is 13.0 Å². The van der Waals surface area contributed by atoms with Crippen LogP contribution in [0.25, 0.3) is 11.3 Å². The van der Waals surface area contributed by atoms with E-state index in [1.165, 1.54) is 11.3 Å². The minimum absolute atomic E-state index is 0.316. The Labute approximate surface area is 115 Å². The molecular weight excluding hydrogens is 256 g/mol. The van der Waals surface area contributed by atoms with Gasteiger partial charge in [-0.15, -0.1) is 11.3 Å². The minimum atomic E-state index is 0.316. The van der Waals surface area contributed by atoms with E-state index in [9.17, 15) is 0 Å². The van der Waals surface area contributed by atoms with E-state index in [0.717, 1.165) is 17.0 Å². The summed E-state index contributed by atoms with van der Waals surface area (Å²) in [5, 5.41) is 5.58. The van der Waals surface area contributed by atoms with Gasteiger partial charge in [0.1, 0.15) is 0 Å². The molecule has 0 aliphatic heterocycles. The third kappa shape index (κ3) is 2.69. The van der Waals surface area contributed by atoms with E-state index in [1.807, 2.05) is 12.1 Å². The van der Waals surface area contributed by atoms with Crippen LogP contribution in [0.1, 0.15) is 17.8 Å². The number of nitrogens with one attached hydrogen (secondary N) is 1. The van der Waals surface area contributed by atoms with E-state index in [4.69, 9.17) is 4.42 Å². The highest BCUT2D eigenvalue weighted by molar-refractivity contribution is 7.10. The first-order valence-electron chi connectivity index (χ1n) is 6.12. The lowest BCUT2D eigenvalue weighted by Gasteiger charge is -2.13. The average Bonchev–Trinajstić information content (AvgIpc) is 3.13. The summed E-state index contributed by atoms with van der Waals surface area (Å²) in [6.45, 7) is 2.16. The molecule has 3 nitrogen and oxygen atoms in total. The van der Waals surface area contributed by atoms with Crippen molar-refractivity contribution in [3.8, 4) is 11.3 Å². The van der Waals surface area contributed by atoms with E-state index < -0.39 is 0 Å². The molecule has 3 aromatic rings. The molecule has 96 valence electrons. The van der Waals surface area contributed by atoms with Gasteiger partial charge in [-0.25, -0.2) is 4.98 Å². The van der Waals surface area contributed by atoms with E-state index in [1.54, 1.807) is 17.5 Å². The molecule has 19 heavy (non-hydrogen) atoms. The quantitative estimate of drug-likeness (QED) is 0.754. The van der Waals surface area contributed by atoms with Gasteiger partial charge in [-0.2, -0.15) is 0 Å². The predicted molar refractivity (Wildman–Crippen MR) is 78.3 cm³/mol. The average molecular weight is 270 g/mol. The molecule has 0 aliphatic carbocycles. The highest BCUT2D eigenvalue weighted by atomic mass is 32.1. The molecule has 0 radical (unpaired) electrons. The predicted octanol–water partition coefficient (Wildman–Crippen LogP) is 4.58. The largest absolute Gasteiger partial charge is 0.444 e. The number of thiophene rings is 1. The van der Waals surface area contributed by atoms with Crippen LogP contribution in [0.2, 0.25) is 0 Å². The monoisotopic (exact) mass is 270 g/mol. The van der Waals surface area contributed by atoms with Gasteiger partial charge in [0.05, 0.1) is 12.2 Å². The normalized spacial score (nSPS) is 12.3. The number of aromatic nitrogens is 1. The van der Waals surface area contributed by atoms with E-state index in [2.05, 4.69) is 46.9 Å². The molecule has 3 rings (SSSR count). The van der Waals surface area contributed by atoms with Gasteiger partial charge in [0.2, 0.25) is 0 Å². The van der Waals surface area contributed by atoms with Gasteiger partial charge in [0.25, 0.3) is 0 Å². The zero-order valence-electron chi connectivity index (χ0n) is 10.5. The number of nitrogens with zero attached hydrogens (tertiary/aromatic N) is 1. The molecule has 1 atom stereocenters. The zero-order chi connectivity index (χ0) is 13.1. The van der Waals surface area contributed by atoms with Crippen LogP contribution in [0.15, 0.2) is 58.8 Å². The molecule has 1 N–H and O–H groups in total. The molecule has 1 aromatic carbocycles. The van der Waals surface area contributed by atoms with Crippen LogP contribution in [-0.2, 0) is 0 Å². The highest BCUT2D eigenvalue weighted by Crippen LogP contribution is 2.25. The van der Waals surface area contributed by atoms with Gasteiger partial charge < -0.3 is 9.73 Å². The number of rotatable bonds is 4. The van der Waals surface area contributed by atoms with Gasteiger partial charge >= 0.3 is 0 Å². The van der Waals surface area contributed by atoms with E-state index >= 15 is 0 Å². The summed E-state index contributed by atoms with van der Waals surface area (Å²) in [5.74, 6) is 0.790. The highest BCUT2D eigenvalue weighted by Gasteiger charge is 2.06. The van der Waals surface area contributed by atoms with Gasteiger partial charge in [-0.05, 0) is 42.6 Å². The number of anilines is 1. The van der Waals surface area contributed by atoms with Crippen LogP contribution in [0.4, 0.5) is 5.69 Å². The van der Waals surface area contributed by atoms with Crippen LogP contribution >= 0.6 is 11.3 Å². The Bertz CT molecular complexity index is 615. The Morgan fingerprint density at radius 3 is 2.68 bits per heavy atom. The first-order chi connectivity index (χ1) is 9.33. The fourth-order valence-electron chi connectivity index (χ4n) is 1.95. The number of benzene rings is 1. The van der Waals surface area contributed by atoms with Crippen LogP contribution in [0.3, 0.4) is 0 Å². The maximum absolute atomic E-state index is 5.27. The lowest BCUT2D eigenvalue weighted by atomic mass is 10.1. The first kappa shape index (κ1) is 12.0. The number of hydrogen-bond acceptors (Lipinski definition) is 4. The van der Waals surface area contributed by atoms with E-state index in [0.29, 0.717) is 6.04 Å². The SMILES string of the molecule is CC(Nc1ccc(-c2cnco2)cc1)c1cccs1. The third-order valence-electron chi connectivity index (χ3n) is 2.95. The van der Waals surface area contributed by atoms with Gasteiger partial charge in [0, 0.05) is 16.1 Å². The van der Waals surface area contributed by atoms with Crippen molar-refractivity contribution in [1.82, 2.24) is 4.98 Å². The smallest absolute Gasteiger partial charge is 0.181 e. The number of oxazole rings is 1. The van der Waals surface area contributed by atoms with Crippen molar-refractivity contribution in [3.63, 3.8) is 0 Å². The lowest BCUT2D eigenvalue weighted by molar-refractivity contribution is 0.572. The summed E-state index contributed by atoms with van der Waals surface area (Å²) in [7, 11) is 0. The first-order valence-corrected chi connectivity index (χ1v) is 7.00. The summed E-state index contributed by atoms with van der Waals surface area (Å²) >= 11 is 1.77. The minimum Gasteiger partial charge on any atom is -0.444 e. The Kier molecular flexibility index (Phi) is 3.33. The molecular formula is C15H14N2OS. The molecule has 0 bridgehead atoms. The third-order valence-corrected chi connectivity index (χ3v) is 4.01. The summed E-state index contributed by atoms with van der Waals surface area (Å²) in [5.41, 5.74) is 2.14. The maximum Gasteiger partial charge on any atom is 0.181 e. The Morgan fingerprint density at radius 1 is 1.21 bits per heavy atom. The van der Waals surface area contributed by atoms with Crippen molar-refractivity contribution in [1.29, 1.82) is 0 Å². The molecule has 0 saturated carbocycles. The van der Waals surface area contributed by atoms with E-state index in [-0.39, 0.29) is 0 Å². The van der Waals surface area contributed by atoms with Crippen molar-refractivity contribution in [2.75, 3.05) is 5.32 Å². The summed E-state index contributed by atoms with van der Waals surface area (Å²) in [6, 6.07) is 12.7.